The van der Waals surface area contributed by atoms with Gasteiger partial charge in [-0.25, -0.2) is 4.98 Å². The van der Waals surface area contributed by atoms with Gasteiger partial charge in [0, 0.05) is 11.8 Å². The van der Waals surface area contributed by atoms with Crippen molar-refractivity contribution in [3.05, 3.63) is 29.6 Å². The third-order valence-electron chi connectivity index (χ3n) is 1.49. The van der Waals surface area contributed by atoms with Crippen LogP contribution in [0.1, 0.15) is 16.1 Å². The lowest BCUT2D eigenvalue weighted by Crippen LogP contribution is -2.16. The van der Waals surface area contributed by atoms with Gasteiger partial charge in [0.25, 0.3) is 0 Å². The Kier molecular flexibility index (Phi) is 3.21. The van der Waals surface area contributed by atoms with Crippen LogP contribution in [-0.2, 0) is 0 Å². The summed E-state index contributed by atoms with van der Waals surface area (Å²) in [4.78, 5) is 14.4. The van der Waals surface area contributed by atoms with Crippen molar-refractivity contribution in [1.29, 1.82) is 0 Å². The first kappa shape index (κ1) is 10.7. The second-order valence-corrected chi connectivity index (χ2v) is 8.84. The first-order chi connectivity index (χ1) is 6.51. The first-order valence-corrected chi connectivity index (χ1v) is 7.96. The number of carbonyl (C=O) groups excluding carboxylic acids is 1. The summed E-state index contributed by atoms with van der Waals surface area (Å²) in [5, 5.41) is 0. The Morgan fingerprint density at radius 2 is 2.07 bits per heavy atom. The minimum absolute atomic E-state index is 0.587. The molecule has 0 aliphatic heterocycles. The van der Waals surface area contributed by atoms with Crippen molar-refractivity contribution in [3.8, 4) is 11.5 Å². The van der Waals surface area contributed by atoms with Crippen LogP contribution in [0.25, 0.3) is 0 Å². The number of rotatable bonds is 1. The summed E-state index contributed by atoms with van der Waals surface area (Å²) < 4.78 is 0. The summed E-state index contributed by atoms with van der Waals surface area (Å²) in [6.45, 7) is 6.54. The van der Waals surface area contributed by atoms with E-state index in [0.717, 1.165) is 12.0 Å². The van der Waals surface area contributed by atoms with Gasteiger partial charge in [-0.15, -0.1) is 5.54 Å². The Balaban J connectivity index is 2.87. The van der Waals surface area contributed by atoms with E-state index >= 15 is 0 Å². The molecule has 1 aromatic heterocycles. The highest BCUT2D eigenvalue weighted by atomic mass is 28.3. The van der Waals surface area contributed by atoms with Crippen LogP contribution in [0.4, 0.5) is 0 Å². The van der Waals surface area contributed by atoms with Gasteiger partial charge in [-0.05, 0) is 12.1 Å². The van der Waals surface area contributed by atoms with E-state index in [0.29, 0.717) is 5.56 Å². The fourth-order valence-electron chi connectivity index (χ4n) is 0.800. The zero-order valence-corrected chi connectivity index (χ0v) is 9.66. The molecule has 0 atom stereocenters. The van der Waals surface area contributed by atoms with Gasteiger partial charge in [-0.3, -0.25) is 4.79 Å². The minimum Gasteiger partial charge on any atom is -0.298 e. The molecule has 1 aromatic rings. The van der Waals surface area contributed by atoms with E-state index in [1.54, 1.807) is 18.3 Å². The number of carbonyl (C=O) groups is 1. The van der Waals surface area contributed by atoms with E-state index in [1.807, 2.05) is 0 Å². The molecule has 0 unspecified atom stereocenters. The zero-order valence-electron chi connectivity index (χ0n) is 8.66. The van der Waals surface area contributed by atoms with E-state index in [4.69, 9.17) is 0 Å². The third-order valence-corrected chi connectivity index (χ3v) is 2.36. The van der Waals surface area contributed by atoms with Crippen molar-refractivity contribution in [2.45, 2.75) is 19.6 Å². The van der Waals surface area contributed by atoms with Crippen LogP contribution in [0.2, 0.25) is 19.6 Å². The third kappa shape index (κ3) is 3.54. The highest BCUT2D eigenvalue weighted by Crippen LogP contribution is 1.99. The Bertz CT molecular complexity index is 378. The molecule has 0 aliphatic rings. The zero-order chi connectivity index (χ0) is 10.6. The summed E-state index contributed by atoms with van der Waals surface area (Å²) >= 11 is 0. The van der Waals surface area contributed by atoms with Crippen LogP contribution < -0.4 is 0 Å². The first-order valence-electron chi connectivity index (χ1n) is 4.46. The Morgan fingerprint density at radius 1 is 1.36 bits per heavy atom. The molecule has 0 amide bonds. The molecule has 72 valence electrons. The smallest absolute Gasteiger partial charge is 0.151 e. The van der Waals surface area contributed by atoms with Crippen LogP contribution in [-0.4, -0.2) is 19.3 Å². The van der Waals surface area contributed by atoms with E-state index in [2.05, 4.69) is 36.1 Å². The minimum atomic E-state index is -1.33. The molecule has 0 aromatic carbocycles. The fraction of sp³-hybridized carbons (Fsp3) is 0.273. The second-order valence-electron chi connectivity index (χ2n) is 4.09. The average Bonchev–Trinajstić information content (AvgIpc) is 2.14. The Hall–Kier alpha value is -1.40. The van der Waals surface area contributed by atoms with Crippen molar-refractivity contribution in [2.75, 3.05) is 0 Å². The highest BCUT2D eigenvalue weighted by molar-refractivity contribution is 6.83. The molecule has 0 saturated carbocycles. The van der Waals surface area contributed by atoms with E-state index in [-0.39, 0.29) is 0 Å². The second kappa shape index (κ2) is 4.21. The molecule has 2 nitrogen and oxygen atoms in total. The molecule has 0 bridgehead atoms. The van der Waals surface area contributed by atoms with E-state index in [9.17, 15) is 4.79 Å². The number of pyridine rings is 1. The SMILES string of the molecule is C[Si](C)(C)C#Cc1ccc(C=O)cn1. The van der Waals surface area contributed by atoms with Gasteiger partial charge in [0.2, 0.25) is 0 Å². The Labute approximate surface area is 85.4 Å². The molecule has 14 heavy (non-hydrogen) atoms. The van der Waals surface area contributed by atoms with Crippen molar-refractivity contribution in [1.82, 2.24) is 4.98 Å². The predicted molar refractivity (Wildman–Crippen MR) is 59.8 cm³/mol. The number of aromatic nitrogens is 1. The van der Waals surface area contributed by atoms with E-state index in [1.165, 1.54) is 0 Å². The molecule has 1 heterocycles. The lowest BCUT2D eigenvalue weighted by molar-refractivity contribution is 0.112. The van der Waals surface area contributed by atoms with Crippen LogP contribution in [0, 0.1) is 11.5 Å². The van der Waals surface area contributed by atoms with Crippen LogP contribution in [0.3, 0.4) is 0 Å². The fourth-order valence-corrected chi connectivity index (χ4v) is 1.30. The van der Waals surface area contributed by atoms with Gasteiger partial charge in [0.1, 0.15) is 13.8 Å². The van der Waals surface area contributed by atoms with Crippen molar-refractivity contribution in [2.24, 2.45) is 0 Å². The summed E-state index contributed by atoms with van der Waals surface area (Å²) in [5.41, 5.74) is 4.53. The maximum Gasteiger partial charge on any atom is 0.151 e. The van der Waals surface area contributed by atoms with Gasteiger partial charge in [0.15, 0.2) is 6.29 Å². The molecular weight excluding hydrogens is 190 g/mol. The standard InChI is InChI=1S/C11H13NOSi/c1-14(2,3)7-6-11-5-4-10(9-13)8-12-11/h4-5,8-9H,1-3H3. The normalized spacial score (nSPS) is 10.2. The molecule has 0 fully saturated rings. The van der Waals surface area contributed by atoms with Gasteiger partial charge in [-0.1, -0.05) is 25.6 Å². The molecule has 0 aliphatic carbocycles. The molecule has 0 saturated heterocycles. The molecular formula is C11H13NOSi. The van der Waals surface area contributed by atoms with Crippen molar-refractivity contribution >= 4 is 14.4 Å². The predicted octanol–water partition coefficient (Wildman–Crippen LogP) is 2.12. The van der Waals surface area contributed by atoms with Crippen LogP contribution in [0.15, 0.2) is 18.3 Å². The number of hydrogen-bond donors (Lipinski definition) is 0. The lowest BCUT2D eigenvalue weighted by atomic mass is 10.3. The van der Waals surface area contributed by atoms with Gasteiger partial charge in [0.05, 0.1) is 0 Å². The maximum absolute atomic E-state index is 10.4. The van der Waals surface area contributed by atoms with Crippen molar-refractivity contribution in [3.63, 3.8) is 0 Å². The van der Waals surface area contributed by atoms with Crippen LogP contribution in [0.5, 0.6) is 0 Å². The van der Waals surface area contributed by atoms with Gasteiger partial charge in [-0.2, -0.15) is 0 Å². The Morgan fingerprint density at radius 3 is 2.50 bits per heavy atom. The largest absolute Gasteiger partial charge is 0.298 e. The van der Waals surface area contributed by atoms with Crippen LogP contribution >= 0.6 is 0 Å². The molecule has 0 N–H and O–H groups in total. The molecule has 0 spiro atoms. The molecule has 0 radical (unpaired) electrons. The van der Waals surface area contributed by atoms with Gasteiger partial charge >= 0.3 is 0 Å². The average molecular weight is 203 g/mol. The quantitative estimate of drug-likeness (QED) is 0.397. The van der Waals surface area contributed by atoms with E-state index < -0.39 is 8.07 Å². The number of hydrogen-bond acceptors (Lipinski definition) is 2. The highest BCUT2D eigenvalue weighted by Gasteiger charge is 2.07. The lowest BCUT2D eigenvalue weighted by Gasteiger charge is -2.02. The summed E-state index contributed by atoms with van der Waals surface area (Å²) in [6.07, 6.45) is 2.32. The topological polar surface area (TPSA) is 30.0 Å². The van der Waals surface area contributed by atoms with Crippen molar-refractivity contribution < 1.29 is 4.79 Å². The number of nitrogens with zero attached hydrogens (tertiary/aromatic N) is 1. The number of aldehydes is 1. The summed E-state index contributed by atoms with van der Waals surface area (Å²) in [5.74, 6) is 3.02. The summed E-state index contributed by atoms with van der Waals surface area (Å²) in [7, 11) is -1.33. The molecule has 3 heteroatoms. The maximum atomic E-state index is 10.4. The van der Waals surface area contributed by atoms with Gasteiger partial charge < -0.3 is 0 Å². The monoisotopic (exact) mass is 203 g/mol. The summed E-state index contributed by atoms with van der Waals surface area (Å²) in [6, 6.07) is 3.51. The molecule has 1 rings (SSSR count).